The molecule has 228 valence electrons. The van der Waals surface area contributed by atoms with Crippen molar-refractivity contribution in [3.8, 4) is 0 Å². The number of hydrogen-bond acceptors (Lipinski definition) is 8. The summed E-state index contributed by atoms with van der Waals surface area (Å²) in [5.74, 6) is -1.94. The zero-order valence-corrected chi connectivity index (χ0v) is 24.4. The molecule has 0 aliphatic carbocycles. The highest BCUT2D eigenvalue weighted by Crippen LogP contribution is 2.07. The van der Waals surface area contributed by atoms with Crippen molar-refractivity contribution in [1.82, 2.24) is 26.2 Å². The number of nitrogens with one attached hydrogen (secondary N) is 4. The van der Waals surface area contributed by atoms with Gasteiger partial charge in [0.05, 0.1) is 19.1 Å². The number of likely N-dealkylation sites (N-methyl/N-ethyl adjacent to an activating group) is 1. The van der Waals surface area contributed by atoms with Crippen molar-refractivity contribution in [3.63, 3.8) is 0 Å². The van der Waals surface area contributed by atoms with E-state index in [1.54, 1.807) is 31.3 Å². The van der Waals surface area contributed by atoms with Crippen LogP contribution in [0.5, 0.6) is 0 Å². The molecule has 0 unspecified atom stereocenters. The molecule has 12 nitrogen and oxygen atoms in total. The Morgan fingerprint density at radius 2 is 1.48 bits per heavy atom. The summed E-state index contributed by atoms with van der Waals surface area (Å²) in [6.45, 7) is 3.19. The lowest BCUT2D eigenvalue weighted by Gasteiger charge is -2.22. The molecule has 2 aromatic rings. The van der Waals surface area contributed by atoms with E-state index in [0.717, 1.165) is 16.0 Å². The number of nitrogens with zero attached hydrogens (tertiary/aromatic N) is 1. The van der Waals surface area contributed by atoms with Crippen LogP contribution in [0.4, 0.5) is 4.79 Å². The first-order chi connectivity index (χ1) is 20.1. The highest BCUT2D eigenvalue weighted by Gasteiger charge is 2.26. The van der Waals surface area contributed by atoms with Crippen LogP contribution in [0.2, 0.25) is 0 Å². The Kier molecular flexibility index (Phi) is 14.7. The van der Waals surface area contributed by atoms with Gasteiger partial charge >= 0.3 is 6.09 Å². The molecule has 0 radical (unpaired) electrons. The third-order valence-corrected chi connectivity index (χ3v) is 6.11. The number of amides is 5. The van der Waals surface area contributed by atoms with Crippen LogP contribution in [-0.2, 0) is 36.9 Å². The fraction of sp³-hybridized carbons (Fsp3) is 0.433. The average Bonchev–Trinajstić information content (AvgIpc) is 2.97. The summed E-state index contributed by atoms with van der Waals surface area (Å²) < 4.78 is 5.26. The van der Waals surface area contributed by atoms with Gasteiger partial charge in [0.15, 0.2) is 0 Å². The van der Waals surface area contributed by atoms with Crippen molar-refractivity contribution < 1.29 is 28.7 Å². The second-order valence-electron chi connectivity index (χ2n) is 10.2. The lowest BCUT2D eigenvalue weighted by Crippen LogP contribution is -2.53. The van der Waals surface area contributed by atoms with Gasteiger partial charge in [0, 0.05) is 13.1 Å². The first-order valence-corrected chi connectivity index (χ1v) is 13.9. The van der Waals surface area contributed by atoms with Gasteiger partial charge in [0.1, 0.15) is 12.6 Å². The van der Waals surface area contributed by atoms with Gasteiger partial charge in [-0.3, -0.25) is 19.2 Å². The normalized spacial score (nSPS) is 12.1. The quantitative estimate of drug-likeness (QED) is 0.192. The molecule has 2 rings (SSSR count). The lowest BCUT2D eigenvalue weighted by atomic mass is 10.0. The molecule has 0 spiro atoms. The van der Waals surface area contributed by atoms with E-state index >= 15 is 0 Å². The van der Waals surface area contributed by atoms with Gasteiger partial charge in [-0.15, -0.1) is 0 Å². The molecule has 0 fully saturated rings. The van der Waals surface area contributed by atoms with Crippen LogP contribution in [-0.4, -0.2) is 79.9 Å². The maximum atomic E-state index is 12.9. The van der Waals surface area contributed by atoms with Crippen molar-refractivity contribution in [2.24, 2.45) is 11.7 Å². The summed E-state index contributed by atoms with van der Waals surface area (Å²) in [4.78, 5) is 63.9. The third-order valence-electron chi connectivity index (χ3n) is 6.11. The Morgan fingerprint density at radius 3 is 2.07 bits per heavy atom. The van der Waals surface area contributed by atoms with E-state index in [-0.39, 0.29) is 38.7 Å². The Hall–Kier alpha value is -4.29. The van der Waals surface area contributed by atoms with Crippen molar-refractivity contribution in [1.29, 1.82) is 0 Å². The van der Waals surface area contributed by atoms with Gasteiger partial charge < -0.3 is 31.7 Å². The van der Waals surface area contributed by atoms with Crippen LogP contribution >= 0.6 is 0 Å². The van der Waals surface area contributed by atoms with Gasteiger partial charge in [-0.05, 0) is 36.9 Å². The number of benzene rings is 2. The van der Waals surface area contributed by atoms with E-state index in [0.29, 0.717) is 12.8 Å². The molecule has 0 aliphatic heterocycles. The molecular formula is C30H42N6O6. The van der Waals surface area contributed by atoms with Gasteiger partial charge in [-0.25, -0.2) is 9.69 Å². The molecule has 2 aromatic carbocycles. The standard InChI is InChI=1S/C30H42N6O6/c1-21(2)16-25(35-28(39)24(31)17-22-10-6-4-7-11-22)29(40)34-18-26(37)33-14-15-36(27(38)19-32-3)30(41)42-20-23-12-8-5-9-13-23/h4-13,21,24-25,32H,14-20,31H2,1-3H3,(H,33,37)(H,34,40)(H,35,39)/t24-,25-/m0/s1. The number of imide groups is 1. The summed E-state index contributed by atoms with van der Waals surface area (Å²) in [7, 11) is 1.57. The Labute approximate surface area is 246 Å². The molecule has 0 saturated heterocycles. The SMILES string of the molecule is CNCC(=O)N(CCNC(=O)CNC(=O)[C@H](CC(C)C)NC(=O)[C@@H](N)Cc1ccccc1)C(=O)OCc1ccccc1. The summed E-state index contributed by atoms with van der Waals surface area (Å²) in [5, 5.41) is 10.5. The van der Waals surface area contributed by atoms with Crippen molar-refractivity contribution in [2.75, 3.05) is 33.2 Å². The van der Waals surface area contributed by atoms with Gasteiger partial charge in [0.25, 0.3) is 0 Å². The van der Waals surface area contributed by atoms with Crippen molar-refractivity contribution in [3.05, 3.63) is 71.8 Å². The lowest BCUT2D eigenvalue weighted by molar-refractivity contribution is -0.131. The Bertz CT molecular complexity index is 1160. The Morgan fingerprint density at radius 1 is 0.857 bits per heavy atom. The summed E-state index contributed by atoms with van der Waals surface area (Å²) in [6, 6.07) is 16.6. The molecule has 0 aliphatic rings. The molecule has 2 atom stereocenters. The van der Waals surface area contributed by atoms with Crippen LogP contribution in [0.25, 0.3) is 0 Å². The second kappa shape index (κ2) is 18.2. The predicted molar refractivity (Wildman–Crippen MR) is 158 cm³/mol. The number of hydrogen-bond donors (Lipinski definition) is 5. The molecule has 6 N–H and O–H groups in total. The fourth-order valence-electron chi connectivity index (χ4n) is 3.96. The number of carbonyl (C=O) groups excluding carboxylic acids is 5. The van der Waals surface area contributed by atoms with Crippen LogP contribution < -0.4 is 27.0 Å². The number of carbonyl (C=O) groups is 5. The van der Waals surface area contributed by atoms with Crippen LogP contribution in [0.15, 0.2) is 60.7 Å². The van der Waals surface area contributed by atoms with Gasteiger partial charge in [0.2, 0.25) is 23.6 Å². The molecular weight excluding hydrogens is 540 g/mol. The smallest absolute Gasteiger partial charge is 0.416 e. The Balaban J connectivity index is 1.84. The maximum Gasteiger partial charge on any atom is 0.416 e. The van der Waals surface area contributed by atoms with Crippen LogP contribution in [0, 0.1) is 5.92 Å². The minimum atomic E-state index is -0.874. The van der Waals surface area contributed by atoms with E-state index in [2.05, 4.69) is 21.3 Å². The molecule has 0 saturated carbocycles. The minimum Gasteiger partial charge on any atom is -0.444 e. The van der Waals surface area contributed by atoms with E-state index < -0.39 is 41.8 Å². The number of nitrogens with two attached hydrogens (primary N) is 1. The molecule has 0 bridgehead atoms. The molecule has 5 amide bonds. The highest BCUT2D eigenvalue weighted by molar-refractivity contribution is 5.93. The van der Waals surface area contributed by atoms with Crippen LogP contribution in [0.1, 0.15) is 31.4 Å². The molecule has 0 heterocycles. The largest absolute Gasteiger partial charge is 0.444 e. The summed E-state index contributed by atoms with van der Waals surface area (Å²) >= 11 is 0. The van der Waals surface area contributed by atoms with E-state index in [9.17, 15) is 24.0 Å². The number of rotatable bonds is 16. The molecule has 12 heteroatoms. The molecule has 42 heavy (non-hydrogen) atoms. The molecule has 0 aromatic heterocycles. The second-order valence-corrected chi connectivity index (χ2v) is 10.2. The van der Waals surface area contributed by atoms with E-state index in [4.69, 9.17) is 10.5 Å². The summed E-state index contributed by atoms with van der Waals surface area (Å²) in [5.41, 5.74) is 7.73. The third kappa shape index (κ3) is 12.5. The zero-order chi connectivity index (χ0) is 30.9. The predicted octanol–water partition coefficient (Wildman–Crippen LogP) is 0.705. The highest BCUT2D eigenvalue weighted by atomic mass is 16.6. The van der Waals surface area contributed by atoms with Crippen molar-refractivity contribution >= 4 is 29.7 Å². The van der Waals surface area contributed by atoms with E-state index in [1.165, 1.54) is 0 Å². The number of ether oxygens (including phenoxy) is 1. The average molecular weight is 583 g/mol. The minimum absolute atomic E-state index is 0.00730. The first-order valence-electron chi connectivity index (χ1n) is 13.9. The first kappa shape index (κ1) is 33.9. The van der Waals surface area contributed by atoms with Crippen molar-refractivity contribution in [2.45, 2.75) is 45.4 Å². The zero-order valence-electron chi connectivity index (χ0n) is 24.4. The van der Waals surface area contributed by atoms with Crippen LogP contribution in [0.3, 0.4) is 0 Å². The maximum absolute atomic E-state index is 12.9. The fourth-order valence-corrected chi connectivity index (χ4v) is 3.96. The van der Waals surface area contributed by atoms with Gasteiger partial charge in [-0.1, -0.05) is 74.5 Å². The monoisotopic (exact) mass is 582 g/mol. The van der Waals surface area contributed by atoms with Gasteiger partial charge in [-0.2, -0.15) is 0 Å². The summed E-state index contributed by atoms with van der Waals surface area (Å²) in [6.07, 6.45) is -0.164. The topological polar surface area (TPSA) is 172 Å². The van der Waals surface area contributed by atoms with E-state index in [1.807, 2.05) is 50.2 Å².